The van der Waals surface area contributed by atoms with E-state index < -0.39 is 0 Å². The third-order valence-electron chi connectivity index (χ3n) is 4.41. The van der Waals surface area contributed by atoms with Crippen LogP contribution in [0.5, 0.6) is 0 Å². The van der Waals surface area contributed by atoms with E-state index in [2.05, 4.69) is 44.0 Å². The third-order valence-corrected chi connectivity index (χ3v) is 5.08. The molecule has 0 aliphatic carbocycles. The molecule has 0 unspecified atom stereocenters. The molecule has 0 saturated carbocycles. The van der Waals surface area contributed by atoms with E-state index in [9.17, 15) is 4.79 Å². The van der Waals surface area contributed by atoms with Crippen LogP contribution in [0.25, 0.3) is 0 Å². The second kappa shape index (κ2) is 10.2. The maximum Gasteiger partial charge on any atom is 0.251 e. The average molecular weight is 414 g/mol. The van der Waals surface area contributed by atoms with Gasteiger partial charge in [0.05, 0.1) is 6.54 Å². The highest BCUT2D eigenvalue weighted by Crippen LogP contribution is 2.16. The minimum Gasteiger partial charge on any atom is -0.352 e. The maximum atomic E-state index is 12.4. The lowest BCUT2D eigenvalue weighted by Gasteiger charge is -2.12. The Hall–Kier alpha value is -2.68. The second-order valence-corrected chi connectivity index (χ2v) is 8.03. The fourth-order valence-electron chi connectivity index (χ4n) is 3.02. The van der Waals surface area contributed by atoms with Crippen LogP contribution in [0.1, 0.15) is 42.0 Å². The Bertz CT molecular complexity index is 904. The molecule has 0 aliphatic rings. The molecule has 0 bridgehead atoms. The monoisotopic (exact) mass is 413 g/mol. The van der Waals surface area contributed by atoms with Gasteiger partial charge in [0.25, 0.3) is 5.91 Å². The molecule has 1 aromatic carbocycles. The van der Waals surface area contributed by atoms with Crippen LogP contribution in [-0.2, 0) is 19.5 Å². The standard InChI is InChI=1S/C20H27N7OS/c1-15(2)11-27-18(24-25-20(27)29-3)5-4-10-22-19(28)17-8-6-16(7-9-17)12-26-14-21-13-23-26/h6-9,13-15H,4-5,10-12H2,1-3H3,(H,22,28). The number of carbonyl (C=O) groups is 1. The molecule has 29 heavy (non-hydrogen) atoms. The van der Waals surface area contributed by atoms with Gasteiger partial charge in [0.15, 0.2) is 5.16 Å². The van der Waals surface area contributed by atoms with Gasteiger partial charge in [0, 0.05) is 25.1 Å². The van der Waals surface area contributed by atoms with Gasteiger partial charge in [-0.3, -0.25) is 4.79 Å². The molecule has 0 aliphatic heterocycles. The Labute approximate surface area is 175 Å². The highest BCUT2D eigenvalue weighted by atomic mass is 32.2. The summed E-state index contributed by atoms with van der Waals surface area (Å²) in [7, 11) is 0. The molecule has 9 heteroatoms. The lowest BCUT2D eigenvalue weighted by molar-refractivity contribution is 0.0953. The molecule has 0 spiro atoms. The number of hydrogen-bond acceptors (Lipinski definition) is 6. The van der Waals surface area contributed by atoms with Gasteiger partial charge in [-0.05, 0) is 36.3 Å². The van der Waals surface area contributed by atoms with Crippen LogP contribution in [0.15, 0.2) is 42.1 Å². The van der Waals surface area contributed by atoms with Crippen LogP contribution in [0, 0.1) is 5.92 Å². The number of carbonyl (C=O) groups excluding carboxylic acids is 1. The van der Waals surface area contributed by atoms with Gasteiger partial charge in [-0.15, -0.1) is 10.2 Å². The van der Waals surface area contributed by atoms with Crippen LogP contribution in [0.2, 0.25) is 0 Å². The predicted octanol–water partition coefficient (Wildman–Crippen LogP) is 2.66. The van der Waals surface area contributed by atoms with Crippen LogP contribution >= 0.6 is 11.8 Å². The first kappa shape index (κ1) is 21.0. The first-order chi connectivity index (χ1) is 14.1. The minimum absolute atomic E-state index is 0.0641. The Morgan fingerprint density at radius 2 is 2.00 bits per heavy atom. The fraction of sp³-hybridized carbons (Fsp3) is 0.450. The quantitative estimate of drug-likeness (QED) is 0.406. The Morgan fingerprint density at radius 3 is 2.66 bits per heavy atom. The summed E-state index contributed by atoms with van der Waals surface area (Å²) in [6.07, 6.45) is 6.81. The molecular weight excluding hydrogens is 386 g/mol. The van der Waals surface area contributed by atoms with E-state index in [-0.39, 0.29) is 5.91 Å². The van der Waals surface area contributed by atoms with Crippen molar-refractivity contribution < 1.29 is 4.79 Å². The SMILES string of the molecule is CSc1nnc(CCCNC(=O)c2ccc(Cn3cncn3)cc2)n1CC(C)C. The molecule has 3 aromatic rings. The Morgan fingerprint density at radius 1 is 1.21 bits per heavy atom. The number of thioether (sulfide) groups is 1. The zero-order valence-electron chi connectivity index (χ0n) is 17.1. The van der Waals surface area contributed by atoms with Gasteiger partial charge in [-0.2, -0.15) is 5.10 Å². The van der Waals surface area contributed by atoms with Gasteiger partial charge in [0.2, 0.25) is 0 Å². The summed E-state index contributed by atoms with van der Waals surface area (Å²) >= 11 is 1.61. The second-order valence-electron chi connectivity index (χ2n) is 7.26. The highest BCUT2D eigenvalue weighted by Gasteiger charge is 2.12. The van der Waals surface area contributed by atoms with Crippen molar-refractivity contribution in [3.05, 3.63) is 53.9 Å². The lowest BCUT2D eigenvalue weighted by atomic mass is 10.1. The summed E-state index contributed by atoms with van der Waals surface area (Å²) in [6, 6.07) is 7.56. The van der Waals surface area contributed by atoms with E-state index in [0.29, 0.717) is 24.6 Å². The number of benzene rings is 1. The number of nitrogens with one attached hydrogen (secondary N) is 1. The lowest BCUT2D eigenvalue weighted by Crippen LogP contribution is -2.25. The molecule has 2 heterocycles. The molecule has 1 N–H and O–H groups in total. The van der Waals surface area contributed by atoms with Gasteiger partial charge in [-0.25, -0.2) is 9.67 Å². The summed E-state index contributed by atoms with van der Waals surface area (Å²) in [5, 5.41) is 16.6. The molecule has 3 rings (SSSR count). The van der Waals surface area contributed by atoms with Crippen LogP contribution in [0.3, 0.4) is 0 Å². The van der Waals surface area contributed by atoms with Crippen molar-refractivity contribution in [2.24, 2.45) is 5.92 Å². The van der Waals surface area contributed by atoms with Gasteiger partial charge < -0.3 is 9.88 Å². The maximum absolute atomic E-state index is 12.4. The van der Waals surface area contributed by atoms with Gasteiger partial charge in [0.1, 0.15) is 18.5 Å². The zero-order valence-corrected chi connectivity index (χ0v) is 17.9. The van der Waals surface area contributed by atoms with Crippen LogP contribution < -0.4 is 5.32 Å². The van der Waals surface area contributed by atoms with Crippen LogP contribution in [-0.4, -0.2) is 48.2 Å². The third kappa shape index (κ3) is 5.90. The normalized spacial score (nSPS) is 11.2. The van der Waals surface area contributed by atoms with E-state index >= 15 is 0 Å². The Balaban J connectivity index is 1.47. The van der Waals surface area contributed by atoms with Crippen molar-refractivity contribution in [1.82, 2.24) is 34.8 Å². The van der Waals surface area contributed by atoms with Crippen molar-refractivity contribution in [2.45, 2.75) is 44.9 Å². The molecular formula is C20H27N7OS. The molecule has 1 amide bonds. The first-order valence-electron chi connectivity index (χ1n) is 9.72. The van der Waals surface area contributed by atoms with E-state index in [4.69, 9.17) is 0 Å². The molecule has 154 valence electrons. The molecule has 0 atom stereocenters. The van der Waals surface area contributed by atoms with Crippen molar-refractivity contribution in [2.75, 3.05) is 12.8 Å². The van der Waals surface area contributed by atoms with Gasteiger partial charge >= 0.3 is 0 Å². The number of aromatic nitrogens is 6. The molecule has 0 saturated heterocycles. The minimum atomic E-state index is -0.0641. The summed E-state index contributed by atoms with van der Waals surface area (Å²) in [6.45, 7) is 6.52. The summed E-state index contributed by atoms with van der Waals surface area (Å²) in [4.78, 5) is 16.3. The van der Waals surface area contributed by atoms with Crippen molar-refractivity contribution in [1.29, 1.82) is 0 Å². The highest BCUT2D eigenvalue weighted by molar-refractivity contribution is 7.98. The largest absolute Gasteiger partial charge is 0.352 e. The fourth-order valence-corrected chi connectivity index (χ4v) is 3.54. The molecule has 2 aromatic heterocycles. The number of nitrogens with zero attached hydrogens (tertiary/aromatic N) is 6. The van der Waals surface area contributed by atoms with Gasteiger partial charge in [-0.1, -0.05) is 37.7 Å². The molecule has 0 fully saturated rings. The predicted molar refractivity (Wildman–Crippen MR) is 113 cm³/mol. The zero-order chi connectivity index (χ0) is 20.6. The summed E-state index contributed by atoms with van der Waals surface area (Å²) < 4.78 is 3.93. The topological polar surface area (TPSA) is 90.5 Å². The first-order valence-corrected chi connectivity index (χ1v) is 10.9. The van der Waals surface area contributed by atoms with E-state index in [1.807, 2.05) is 30.5 Å². The molecule has 0 radical (unpaired) electrons. The van der Waals surface area contributed by atoms with E-state index in [0.717, 1.165) is 35.9 Å². The van der Waals surface area contributed by atoms with Crippen molar-refractivity contribution in [3.63, 3.8) is 0 Å². The number of aryl methyl sites for hydroxylation is 1. The van der Waals surface area contributed by atoms with E-state index in [1.165, 1.54) is 6.33 Å². The van der Waals surface area contributed by atoms with E-state index in [1.54, 1.807) is 22.8 Å². The number of hydrogen-bond donors (Lipinski definition) is 1. The van der Waals surface area contributed by atoms with Crippen LogP contribution in [0.4, 0.5) is 0 Å². The number of rotatable bonds is 10. The summed E-state index contributed by atoms with van der Waals surface area (Å²) in [5.41, 5.74) is 1.72. The number of amides is 1. The van der Waals surface area contributed by atoms with Crippen molar-refractivity contribution >= 4 is 17.7 Å². The Kier molecular flexibility index (Phi) is 7.40. The molecule has 8 nitrogen and oxygen atoms in total. The summed E-state index contributed by atoms with van der Waals surface area (Å²) in [5.74, 6) is 1.45. The smallest absolute Gasteiger partial charge is 0.251 e. The van der Waals surface area contributed by atoms with Crippen molar-refractivity contribution in [3.8, 4) is 0 Å². The average Bonchev–Trinajstić information content (AvgIpc) is 3.35.